The molecule has 2 aromatic carbocycles. The zero-order valence-corrected chi connectivity index (χ0v) is 15.6. The molecule has 0 unspecified atom stereocenters. The molecule has 2 amide bonds. The Morgan fingerprint density at radius 3 is 2.82 bits per heavy atom. The van der Waals surface area contributed by atoms with Crippen molar-refractivity contribution in [3.8, 4) is 0 Å². The maximum Gasteiger partial charge on any atom is 0.349 e. The minimum atomic E-state index is -1.09. The molecular weight excluding hydrogens is 383 g/mol. The lowest BCUT2D eigenvalue weighted by atomic mass is 10.1. The fourth-order valence-corrected chi connectivity index (χ4v) is 3.96. The minimum Gasteiger partial charge on any atom is -0.448 e. The number of fused-ring (bicyclic) bond motifs is 2. The Bertz CT molecular complexity index is 1110. The van der Waals surface area contributed by atoms with Crippen molar-refractivity contribution in [3.05, 3.63) is 59.2 Å². The smallest absolute Gasteiger partial charge is 0.349 e. The Morgan fingerprint density at radius 2 is 2.00 bits per heavy atom. The summed E-state index contributed by atoms with van der Waals surface area (Å²) in [6, 6.07) is 12.7. The van der Waals surface area contributed by atoms with E-state index < -0.39 is 23.8 Å². The number of nitrogens with zero attached hydrogens (tertiary/aromatic N) is 1. The minimum absolute atomic E-state index is 0.153. The van der Waals surface area contributed by atoms with Crippen LogP contribution in [0.5, 0.6) is 0 Å². The van der Waals surface area contributed by atoms with Gasteiger partial charge in [0.2, 0.25) is 5.91 Å². The number of para-hydroxylation sites is 2. The molecule has 0 saturated carbocycles. The number of nitrogens with one attached hydrogen (secondary N) is 1. The maximum absolute atomic E-state index is 13.3. The first kappa shape index (κ1) is 18.1. The topological polar surface area (TPSA) is 75.7 Å². The molecule has 1 atom stereocenters. The van der Waals surface area contributed by atoms with E-state index in [1.807, 2.05) is 0 Å². The molecule has 1 aliphatic heterocycles. The quantitative estimate of drug-likeness (QED) is 0.685. The van der Waals surface area contributed by atoms with Gasteiger partial charge in [0.1, 0.15) is 17.2 Å². The molecule has 3 aromatic rings. The zero-order chi connectivity index (χ0) is 19.8. The van der Waals surface area contributed by atoms with E-state index in [9.17, 15) is 18.8 Å². The summed E-state index contributed by atoms with van der Waals surface area (Å²) in [5.41, 5.74) is 1.07. The molecule has 0 fully saturated rings. The van der Waals surface area contributed by atoms with E-state index in [1.165, 1.54) is 30.0 Å². The van der Waals surface area contributed by atoms with Crippen LogP contribution in [0.15, 0.2) is 48.5 Å². The number of halogens is 1. The van der Waals surface area contributed by atoms with E-state index >= 15 is 0 Å². The van der Waals surface area contributed by atoms with Gasteiger partial charge in [-0.25, -0.2) is 9.18 Å². The Balaban J connectivity index is 1.52. The number of rotatable bonds is 3. The van der Waals surface area contributed by atoms with E-state index in [2.05, 4.69) is 5.32 Å². The number of benzene rings is 2. The number of esters is 1. The SMILES string of the molecule is C[C@@H](OC(=O)c1cc2cc(F)ccc2s1)C(=O)N1CC(=O)Nc2ccccc21. The van der Waals surface area contributed by atoms with Crippen LogP contribution in [0.4, 0.5) is 15.8 Å². The van der Waals surface area contributed by atoms with Crippen LogP contribution < -0.4 is 10.2 Å². The molecule has 0 radical (unpaired) electrons. The standard InChI is InChI=1S/C20H15FN2O4S/c1-11(19(25)23-10-18(24)22-14-4-2-3-5-15(14)23)27-20(26)17-9-12-8-13(21)6-7-16(12)28-17/h2-9,11H,10H2,1H3,(H,22,24)/t11-/m1/s1. The zero-order valence-electron chi connectivity index (χ0n) is 14.8. The van der Waals surface area contributed by atoms with E-state index in [0.717, 1.165) is 16.0 Å². The second-order valence-corrected chi connectivity index (χ2v) is 7.41. The third-order valence-electron chi connectivity index (χ3n) is 4.35. The fourth-order valence-electron chi connectivity index (χ4n) is 3.03. The van der Waals surface area contributed by atoms with Gasteiger partial charge in [-0.15, -0.1) is 11.3 Å². The average Bonchev–Trinajstić information content (AvgIpc) is 3.10. The Hall–Kier alpha value is -3.26. The second-order valence-electron chi connectivity index (χ2n) is 6.33. The van der Waals surface area contributed by atoms with Gasteiger partial charge in [0, 0.05) is 4.70 Å². The molecule has 142 valence electrons. The van der Waals surface area contributed by atoms with Crippen molar-refractivity contribution in [2.45, 2.75) is 13.0 Å². The van der Waals surface area contributed by atoms with Crippen molar-refractivity contribution in [2.24, 2.45) is 0 Å². The lowest BCUT2D eigenvalue weighted by Crippen LogP contribution is -2.47. The Labute approximate surface area is 163 Å². The Morgan fingerprint density at radius 1 is 1.21 bits per heavy atom. The van der Waals surface area contributed by atoms with Gasteiger partial charge in [0.05, 0.1) is 11.4 Å². The first-order chi connectivity index (χ1) is 13.4. The summed E-state index contributed by atoms with van der Waals surface area (Å²) in [4.78, 5) is 38.7. The van der Waals surface area contributed by atoms with Crippen LogP contribution in [0.25, 0.3) is 10.1 Å². The van der Waals surface area contributed by atoms with Crippen molar-refractivity contribution in [2.75, 3.05) is 16.8 Å². The van der Waals surface area contributed by atoms with Crippen molar-refractivity contribution in [1.29, 1.82) is 0 Å². The highest BCUT2D eigenvalue weighted by Crippen LogP contribution is 2.30. The number of hydrogen-bond acceptors (Lipinski definition) is 5. The summed E-state index contributed by atoms with van der Waals surface area (Å²) in [5.74, 6) is -1.88. The number of anilines is 2. The van der Waals surface area contributed by atoms with E-state index in [-0.39, 0.29) is 17.3 Å². The summed E-state index contributed by atoms with van der Waals surface area (Å²) in [5, 5.41) is 3.30. The summed E-state index contributed by atoms with van der Waals surface area (Å²) in [6.07, 6.45) is -1.09. The summed E-state index contributed by atoms with van der Waals surface area (Å²) in [7, 11) is 0. The summed E-state index contributed by atoms with van der Waals surface area (Å²) in [6.45, 7) is 1.31. The molecule has 1 N–H and O–H groups in total. The van der Waals surface area contributed by atoms with Crippen molar-refractivity contribution < 1.29 is 23.5 Å². The highest BCUT2D eigenvalue weighted by Gasteiger charge is 2.31. The van der Waals surface area contributed by atoms with E-state index in [1.54, 1.807) is 30.3 Å². The normalized spacial score (nSPS) is 14.4. The first-order valence-electron chi connectivity index (χ1n) is 8.53. The predicted molar refractivity (Wildman–Crippen MR) is 104 cm³/mol. The number of ether oxygens (including phenoxy) is 1. The maximum atomic E-state index is 13.3. The van der Waals surface area contributed by atoms with Gasteiger partial charge >= 0.3 is 5.97 Å². The molecule has 8 heteroatoms. The predicted octanol–water partition coefficient (Wildman–Crippen LogP) is 3.57. The molecular formula is C20H15FN2O4S. The largest absolute Gasteiger partial charge is 0.448 e. The molecule has 0 aliphatic carbocycles. The molecule has 1 aromatic heterocycles. The number of carbonyl (C=O) groups is 3. The van der Waals surface area contributed by atoms with Crippen LogP contribution in [0.1, 0.15) is 16.6 Å². The lowest BCUT2D eigenvalue weighted by Gasteiger charge is -2.30. The van der Waals surface area contributed by atoms with Gasteiger partial charge < -0.3 is 10.1 Å². The number of thiophene rings is 1. The summed E-state index contributed by atoms with van der Waals surface area (Å²) < 4.78 is 19.4. The van der Waals surface area contributed by atoms with Crippen LogP contribution >= 0.6 is 11.3 Å². The van der Waals surface area contributed by atoms with Gasteiger partial charge in [0.15, 0.2) is 6.10 Å². The third kappa shape index (κ3) is 3.34. The number of hydrogen-bond donors (Lipinski definition) is 1. The molecule has 28 heavy (non-hydrogen) atoms. The molecule has 2 heterocycles. The van der Waals surface area contributed by atoms with Crippen LogP contribution in [-0.4, -0.2) is 30.4 Å². The van der Waals surface area contributed by atoms with Crippen molar-refractivity contribution >= 4 is 50.6 Å². The fraction of sp³-hybridized carbons (Fsp3) is 0.150. The second kappa shape index (κ2) is 7.05. The van der Waals surface area contributed by atoms with Crippen molar-refractivity contribution in [3.63, 3.8) is 0 Å². The monoisotopic (exact) mass is 398 g/mol. The highest BCUT2D eigenvalue weighted by atomic mass is 32.1. The lowest BCUT2D eigenvalue weighted by molar-refractivity contribution is -0.128. The van der Waals surface area contributed by atoms with Crippen LogP contribution in [0, 0.1) is 5.82 Å². The molecule has 6 nitrogen and oxygen atoms in total. The highest BCUT2D eigenvalue weighted by molar-refractivity contribution is 7.20. The van der Waals surface area contributed by atoms with Crippen LogP contribution in [0.2, 0.25) is 0 Å². The van der Waals surface area contributed by atoms with E-state index in [4.69, 9.17) is 4.74 Å². The van der Waals surface area contributed by atoms with Gasteiger partial charge in [-0.3, -0.25) is 14.5 Å². The molecule has 0 spiro atoms. The van der Waals surface area contributed by atoms with Crippen molar-refractivity contribution in [1.82, 2.24) is 0 Å². The number of amides is 2. The van der Waals surface area contributed by atoms with Gasteiger partial charge in [0.25, 0.3) is 5.91 Å². The Kier molecular flexibility index (Phi) is 4.56. The summed E-state index contributed by atoms with van der Waals surface area (Å²) >= 11 is 1.16. The third-order valence-corrected chi connectivity index (χ3v) is 5.44. The molecule has 1 aliphatic rings. The van der Waals surface area contributed by atoms with E-state index in [0.29, 0.717) is 16.8 Å². The van der Waals surface area contributed by atoms with Gasteiger partial charge in [-0.1, -0.05) is 12.1 Å². The molecule has 0 bridgehead atoms. The average molecular weight is 398 g/mol. The van der Waals surface area contributed by atoms with Crippen LogP contribution in [-0.2, 0) is 14.3 Å². The van der Waals surface area contributed by atoms with Gasteiger partial charge in [-0.2, -0.15) is 0 Å². The molecule has 4 rings (SSSR count). The van der Waals surface area contributed by atoms with Gasteiger partial charge in [-0.05, 0) is 48.7 Å². The molecule has 0 saturated heterocycles. The van der Waals surface area contributed by atoms with Crippen LogP contribution in [0.3, 0.4) is 0 Å². The number of carbonyl (C=O) groups excluding carboxylic acids is 3. The first-order valence-corrected chi connectivity index (χ1v) is 9.34.